The summed E-state index contributed by atoms with van der Waals surface area (Å²) in [5.74, 6) is -0.293. The highest BCUT2D eigenvalue weighted by Gasteiger charge is 2.00. The van der Waals surface area contributed by atoms with Crippen LogP contribution in [0.25, 0.3) is 0 Å². The van der Waals surface area contributed by atoms with Crippen LogP contribution in [0.5, 0.6) is 0 Å². The van der Waals surface area contributed by atoms with Crippen LogP contribution < -0.4 is 16.0 Å². The number of azo groups is 1. The molecule has 0 saturated heterocycles. The van der Waals surface area contributed by atoms with E-state index >= 15 is 0 Å². The lowest BCUT2D eigenvalue weighted by molar-refractivity contribution is -0.113. The zero-order valence-electron chi connectivity index (χ0n) is 15.3. The van der Waals surface area contributed by atoms with E-state index in [4.69, 9.17) is 11.6 Å². The molecule has 2 aromatic rings. The maximum Gasteiger partial charge on any atom is 0.239 e. The summed E-state index contributed by atoms with van der Waals surface area (Å²) in [6, 6.07) is 15.0. The third-order valence-electron chi connectivity index (χ3n) is 3.41. The monoisotopic (exact) mass is 386 g/mol. The summed E-state index contributed by atoms with van der Waals surface area (Å²) < 4.78 is 0. The van der Waals surface area contributed by atoms with Crippen molar-refractivity contribution >= 4 is 40.3 Å². The predicted molar refractivity (Wildman–Crippen MR) is 111 cm³/mol. The van der Waals surface area contributed by atoms with Crippen LogP contribution in [-0.4, -0.2) is 37.5 Å². The Morgan fingerprint density at radius 2 is 1.67 bits per heavy atom. The standard InChI is InChI=1S/C19H23ClN6O/c1-21-11-12-26(2)14-22-25-18-9-7-16(8-10-18)23-15-3-5-17(6-4-15)24-19(27)13-20/h3-12,21,23H,13-14H2,1-2H3,(H,24,27). The number of benzene rings is 2. The Labute approximate surface area is 164 Å². The average molecular weight is 387 g/mol. The third-order valence-corrected chi connectivity index (χ3v) is 3.66. The molecule has 0 atom stereocenters. The molecule has 0 spiro atoms. The van der Waals surface area contributed by atoms with Gasteiger partial charge in [0, 0.05) is 43.6 Å². The fraction of sp³-hybridized carbons (Fsp3) is 0.211. The van der Waals surface area contributed by atoms with Crippen LogP contribution in [0.1, 0.15) is 0 Å². The van der Waals surface area contributed by atoms with Crippen molar-refractivity contribution in [3.8, 4) is 0 Å². The van der Waals surface area contributed by atoms with Gasteiger partial charge in [0.1, 0.15) is 12.5 Å². The van der Waals surface area contributed by atoms with Crippen molar-refractivity contribution in [1.29, 1.82) is 0 Å². The lowest BCUT2D eigenvalue weighted by Crippen LogP contribution is -2.12. The quantitative estimate of drug-likeness (QED) is 0.444. The number of nitrogens with one attached hydrogen (secondary N) is 3. The topological polar surface area (TPSA) is 81.1 Å². The first-order chi connectivity index (χ1) is 13.1. The van der Waals surface area contributed by atoms with E-state index in [-0.39, 0.29) is 11.8 Å². The van der Waals surface area contributed by atoms with Gasteiger partial charge in [0.2, 0.25) is 5.91 Å². The molecule has 0 unspecified atom stereocenters. The number of alkyl halides is 1. The molecule has 0 fully saturated rings. The second-order valence-corrected chi connectivity index (χ2v) is 5.94. The van der Waals surface area contributed by atoms with Gasteiger partial charge in [-0.15, -0.1) is 11.6 Å². The van der Waals surface area contributed by atoms with E-state index in [0.29, 0.717) is 12.4 Å². The lowest BCUT2D eigenvalue weighted by atomic mass is 10.2. The number of hydrogen-bond donors (Lipinski definition) is 3. The van der Waals surface area contributed by atoms with E-state index in [0.717, 1.165) is 17.1 Å². The second kappa shape index (κ2) is 10.8. The van der Waals surface area contributed by atoms with Gasteiger partial charge in [-0.05, 0) is 48.5 Å². The number of carbonyl (C=O) groups is 1. The number of anilines is 3. The summed E-state index contributed by atoms with van der Waals surface area (Å²) >= 11 is 5.47. The number of nitrogens with zero attached hydrogens (tertiary/aromatic N) is 3. The van der Waals surface area contributed by atoms with E-state index in [1.54, 1.807) is 0 Å². The molecule has 2 aromatic carbocycles. The fourth-order valence-electron chi connectivity index (χ4n) is 2.07. The van der Waals surface area contributed by atoms with Crippen LogP contribution in [0, 0.1) is 0 Å². The van der Waals surface area contributed by atoms with Gasteiger partial charge in [0.05, 0.1) is 5.69 Å². The third kappa shape index (κ3) is 7.37. The SMILES string of the molecule is CNC=CN(C)CN=Nc1ccc(Nc2ccc(NC(=O)CCl)cc2)cc1. The summed E-state index contributed by atoms with van der Waals surface area (Å²) in [6.07, 6.45) is 3.72. The number of carbonyl (C=O) groups excluding carboxylic acids is 1. The van der Waals surface area contributed by atoms with Crippen molar-refractivity contribution in [3.63, 3.8) is 0 Å². The van der Waals surface area contributed by atoms with E-state index in [2.05, 4.69) is 26.2 Å². The zero-order chi connectivity index (χ0) is 19.5. The Balaban J connectivity index is 1.88. The molecule has 1 amide bonds. The van der Waals surface area contributed by atoms with Gasteiger partial charge < -0.3 is 20.9 Å². The molecule has 3 N–H and O–H groups in total. The molecule has 0 radical (unpaired) electrons. The molecule has 27 heavy (non-hydrogen) atoms. The Hall–Kier alpha value is -3.06. The highest BCUT2D eigenvalue weighted by atomic mass is 35.5. The second-order valence-electron chi connectivity index (χ2n) is 5.68. The highest BCUT2D eigenvalue weighted by Crippen LogP contribution is 2.22. The minimum Gasteiger partial charge on any atom is -0.393 e. The minimum atomic E-state index is -0.230. The van der Waals surface area contributed by atoms with Crippen molar-refractivity contribution < 1.29 is 4.79 Å². The van der Waals surface area contributed by atoms with Crippen molar-refractivity contribution in [3.05, 3.63) is 60.9 Å². The molecule has 142 valence electrons. The van der Waals surface area contributed by atoms with Crippen molar-refractivity contribution in [2.45, 2.75) is 0 Å². The normalized spacial score (nSPS) is 10.9. The fourth-order valence-corrected chi connectivity index (χ4v) is 2.14. The van der Waals surface area contributed by atoms with E-state index in [9.17, 15) is 4.79 Å². The largest absolute Gasteiger partial charge is 0.393 e. The Kier molecular flexibility index (Phi) is 8.12. The van der Waals surface area contributed by atoms with E-state index in [1.807, 2.05) is 79.9 Å². The van der Waals surface area contributed by atoms with Crippen LogP contribution in [0.3, 0.4) is 0 Å². The molecule has 0 saturated carbocycles. The average Bonchev–Trinajstić information content (AvgIpc) is 2.69. The van der Waals surface area contributed by atoms with Gasteiger partial charge in [-0.1, -0.05) is 0 Å². The van der Waals surface area contributed by atoms with E-state index < -0.39 is 0 Å². The van der Waals surface area contributed by atoms with Crippen molar-refractivity contribution in [1.82, 2.24) is 10.2 Å². The van der Waals surface area contributed by atoms with Gasteiger partial charge in [0.15, 0.2) is 0 Å². The highest BCUT2D eigenvalue weighted by molar-refractivity contribution is 6.29. The molecular weight excluding hydrogens is 364 g/mol. The minimum absolute atomic E-state index is 0.0629. The van der Waals surface area contributed by atoms with Crippen LogP contribution in [0.15, 0.2) is 71.2 Å². The first-order valence-corrected chi connectivity index (χ1v) is 8.89. The maximum atomic E-state index is 11.3. The molecule has 0 bridgehead atoms. The smallest absolute Gasteiger partial charge is 0.239 e. The molecular formula is C19H23ClN6O. The van der Waals surface area contributed by atoms with Crippen LogP contribution >= 0.6 is 11.6 Å². The van der Waals surface area contributed by atoms with Crippen molar-refractivity contribution in [2.24, 2.45) is 10.2 Å². The number of halogens is 1. The first-order valence-electron chi connectivity index (χ1n) is 8.35. The van der Waals surface area contributed by atoms with Crippen molar-refractivity contribution in [2.75, 3.05) is 37.3 Å². The first kappa shape index (κ1) is 20.3. The Bertz CT molecular complexity index is 774. The predicted octanol–water partition coefficient (Wildman–Crippen LogP) is 4.27. The van der Waals surface area contributed by atoms with Gasteiger partial charge in [-0.2, -0.15) is 10.2 Å². The molecule has 0 heterocycles. The van der Waals surface area contributed by atoms with Gasteiger partial charge in [-0.3, -0.25) is 4.79 Å². The number of amides is 1. The zero-order valence-corrected chi connectivity index (χ0v) is 16.1. The molecule has 0 aromatic heterocycles. The van der Waals surface area contributed by atoms with Crippen LogP contribution in [0.2, 0.25) is 0 Å². The Morgan fingerprint density at radius 3 is 2.26 bits per heavy atom. The van der Waals surface area contributed by atoms with E-state index in [1.165, 1.54) is 0 Å². The molecule has 0 aliphatic heterocycles. The number of hydrogen-bond acceptors (Lipinski definition) is 6. The maximum absolute atomic E-state index is 11.3. The molecule has 2 rings (SSSR count). The summed E-state index contributed by atoms with van der Waals surface area (Å²) in [4.78, 5) is 13.2. The summed E-state index contributed by atoms with van der Waals surface area (Å²) in [5, 5.41) is 17.3. The molecule has 0 aliphatic carbocycles. The summed E-state index contributed by atoms with van der Waals surface area (Å²) in [7, 11) is 3.77. The summed E-state index contributed by atoms with van der Waals surface area (Å²) in [5.41, 5.74) is 3.33. The Morgan fingerprint density at radius 1 is 1.07 bits per heavy atom. The van der Waals surface area contributed by atoms with Crippen LogP contribution in [-0.2, 0) is 4.79 Å². The molecule has 8 heteroatoms. The number of rotatable bonds is 9. The van der Waals surface area contributed by atoms with Gasteiger partial charge in [-0.25, -0.2) is 0 Å². The van der Waals surface area contributed by atoms with Gasteiger partial charge in [0.25, 0.3) is 0 Å². The van der Waals surface area contributed by atoms with Gasteiger partial charge >= 0.3 is 0 Å². The van der Waals surface area contributed by atoms with Crippen LogP contribution in [0.4, 0.5) is 22.7 Å². The molecule has 0 aliphatic rings. The summed E-state index contributed by atoms with van der Waals surface area (Å²) in [6.45, 7) is 0.477. The molecule has 7 nitrogen and oxygen atoms in total. The lowest BCUT2D eigenvalue weighted by Gasteiger charge is -2.09.